The van der Waals surface area contributed by atoms with Gasteiger partial charge in [0.25, 0.3) is 0 Å². The van der Waals surface area contributed by atoms with E-state index in [9.17, 15) is 0 Å². The molecule has 4 nitrogen and oxygen atoms in total. The van der Waals surface area contributed by atoms with Gasteiger partial charge in [-0.05, 0) is 57.0 Å². The number of fused-ring (bicyclic) bond motifs is 2. The van der Waals surface area contributed by atoms with E-state index in [1.807, 2.05) is 13.2 Å². The molecule has 0 N–H and O–H groups in total. The van der Waals surface area contributed by atoms with Crippen LogP contribution in [0.3, 0.4) is 0 Å². The molecule has 0 saturated carbocycles. The molecule has 2 aromatic heterocycles. The van der Waals surface area contributed by atoms with Gasteiger partial charge < -0.3 is 14.2 Å². The van der Waals surface area contributed by atoms with E-state index in [2.05, 4.69) is 85.7 Å². The predicted molar refractivity (Wildman–Crippen MR) is 109 cm³/mol. The van der Waals surface area contributed by atoms with Crippen molar-refractivity contribution in [3.8, 4) is 5.75 Å². The Morgan fingerprint density at radius 2 is 1.92 bits per heavy atom. The van der Waals surface area contributed by atoms with Gasteiger partial charge >= 0.3 is 0 Å². The van der Waals surface area contributed by atoms with Crippen LogP contribution in [-0.2, 0) is 13.5 Å². The van der Waals surface area contributed by atoms with Crippen LogP contribution in [0.2, 0.25) is 0 Å². The smallest absolute Gasteiger partial charge is 0.143 e. The Labute approximate surface area is 156 Å². The fraction of sp³-hybridized carbons (Fsp3) is 0.409. The van der Waals surface area contributed by atoms with Crippen molar-refractivity contribution in [2.24, 2.45) is 7.05 Å². The summed E-state index contributed by atoms with van der Waals surface area (Å²) in [7, 11) is 4.15. The van der Waals surface area contributed by atoms with Gasteiger partial charge in [-0.2, -0.15) is 0 Å². The Morgan fingerprint density at radius 3 is 2.65 bits per heavy atom. The van der Waals surface area contributed by atoms with E-state index in [0.717, 1.165) is 24.4 Å². The minimum atomic E-state index is -0.0878. The van der Waals surface area contributed by atoms with E-state index < -0.39 is 0 Å². The second-order valence-corrected chi connectivity index (χ2v) is 7.70. The number of anilines is 1. The molecule has 4 rings (SSSR count). The van der Waals surface area contributed by atoms with Gasteiger partial charge in [-0.25, -0.2) is 0 Å². The summed E-state index contributed by atoms with van der Waals surface area (Å²) in [6.07, 6.45) is 5.00. The summed E-state index contributed by atoms with van der Waals surface area (Å²) in [6, 6.07) is 10.6. The largest absolute Gasteiger partial charge is 0.484 e. The van der Waals surface area contributed by atoms with E-state index in [-0.39, 0.29) is 5.60 Å². The van der Waals surface area contributed by atoms with Crippen molar-refractivity contribution in [3.63, 3.8) is 0 Å². The van der Waals surface area contributed by atoms with Gasteiger partial charge in [0.05, 0.1) is 23.9 Å². The van der Waals surface area contributed by atoms with Crippen LogP contribution in [0.25, 0.3) is 10.9 Å². The summed E-state index contributed by atoms with van der Waals surface area (Å²) >= 11 is 0. The maximum Gasteiger partial charge on any atom is 0.143 e. The van der Waals surface area contributed by atoms with Crippen molar-refractivity contribution < 1.29 is 4.74 Å². The van der Waals surface area contributed by atoms with Gasteiger partial charge in [0, 0.05) is 31.4 Å². The number of ether oxygens (including phenoxy) is 1. The lowest BCUT2D eigenvalue weighted by Gasteiger charge is -2.39. The van der Waals surface area contributed by atoms with Crippen molar-refractivity contribution >= 4 is 16.6 Å². The molecule has 0 radical (unpaired) electrons. The molecule has 1 aliphatic heterocycles. The lowest BCUT2D eigenvalue weighted by atomic mass is 10.1. The topological polar surface area (TPSA) is 30.3 Å². The highest BCUT2D eigenvalue weighted by Crippen LogP contribution is 2.36. The van der Waals surface area contributed by atoms with Crippen LogP contribution in [0.4, 0.5) is 5.69 Å². The lowest BCUT2D eigenvalue weighted by Crippen LogP contribution is -2.45. The fourth-order valence-electron chi connectivity index (χ4n) is 3.41. The molecule has 138 valence electrons. The Balaban J connectivity index is 0.000000152. The number of rotatable bonds is 1. The molecule has 0 atom stereocenters. The van der Waals surface area contributed by atoms with Crippen molar-refractivity contribution in [1.82, 2.24) is 9.55 Å². The van der Waals surface area contributed by atoms with Crippen molar-refractivity contribution in [2.75, 3.05) is 18.5 Å². The monoisotopic (exact) mass is 351 g/mol. The average Bonchev–Trinajstić information content (AvgIpc) is 2.94. The average molecular weight is 351 g/mol. The van der Waals surface area contributed by atoms with Crippen LogP contribution in [-0.4, -0.2) is 28.7 Å². The molecule has 26 heavy (non-hydrogen) atoms. The molecule has 0 aliphatic carbocycles. The standard InChI is InChI=1S/C12H17NO.C10H12N2/c1-9-5-6-10-11(7-9)14-12(2,3)8-13(10)4;1-3-9-6-8-4-5-12(2)10(8)7-11-9/h5-7H,8H2,1-4H3;4-7H,3H2,1-2H3. The zero-order valence-corrected chi connectivity index (χ0v) is 16.7. The molecule has 0 spiro atoms. The second-order valence-electron chi connectivity index (χ2n) is 7.70. The number of pyridine rings is 1. The SMILES string of the molecule is CCc1cc2ccn(C)c2cn1.Cc1ccc2c(c1)OC(C)(C)CN2C. The highest BCUT2D eigenvalue weighted by molar-refractivity contribution is 5.79. The Kier molecular flexibility index (Phi) is 4.94. The van der Waals surface area contributed by atoms with Crippen LogP contribution in [0.15, 0.2) is 42.7 Å². The van der Waals surface area contributed by atoms with Gasteiger partial charge in [0.1, 0.15) is 11.4 Å². The molecule has 4 heteroatoms. The molecule has 0 fully saturated rings. The van der Waals surface area contributed by atoms with Crippen LogP contribution < -0.4 is 9.64 Å². The molecule has 0 unspecified atom stereocenters. The maximum absolute atomic E-state index is 5.93. The van der Waals surface area contributed by atoms with Gasteiger partial charge in [-0.1, -0.05) is 13.0 Å². The number of hydrogen-bond acceptors (Lipinski definition) is 3. The number of aryl methyl sites for hydroxylation is 3. The molecule has 0 amide bonds. The predicted octanol–water partition coefficient (Wildman–Crippen LogP) is 4.74. The van der Waals surface area contributed by atoms with E-state index >= 15 is 0 Å². The second kappa shape index (κ2) is 7.02. The summed E-state index contributed by atoms with van der Waals surface area (Å²) < 4.78 is 8.01. The number of likely N-dealkylation sites (N-methyl/N-ethyl adjacent to an activating group) is 1. The Morgan fingerprint density at radius 1 is 1.15 bits per heavy atom. The molecular weight excluding hydrogens is 322 g/mol. The molecule has 0 saturated heterocycles. The fourth-order valence-corrected chi connectivity index (χ4v) is 3.41. The normalized spacial score (nSPS) is 15.1. The molecular formula is C22H29N3O. The third-order valence-corrected chi connectivity index (χ3v) is 4.72. The van der Waals surface area contributed by atoms with Gasteiger partial charge in [0.15, 0.2) is 0 Å². The highest BCUT2D eigenvalue weighted by Gasteiger charge is 2.29. The van der Waals surface area contributed by atoms with Gasteiger partial charge in [-0.3, -0.25) is 4.98 Å². The molecule has 1 aliphatic rings. The van der Waals surface area contributed by atoms with Gasteiger partial charge in [0.2, 0.25) is 0 Å². The zero-order valence-electron chi connectivity index (χ0n) is 16.7. The van der Waals surface area contributed by atoms with E-state index in [0.29, 0.717) is 0 Å². The van der Waals surface area contributed by atoms with Gasteiger partial charge in [-0.15, -0.1) is 0 Å². The van der Waals surface area contributed by atoms with Crippen LogP contribution >= 0.6 is 0 Å². The quantitative estimate of drug-likeness (QED) is 0.634. The summed E-state index contributed by atoms with van der Waals surface area (Å²) in [5, 5.41) is 1.28. The number of hydrogen-bond donors (Lipinski definition) is 0. The van der Waals surface area contributed by atoms with E-state index in [1.54, 1.807) is 0 Å². The Bertz CT molecular complexity index is 911. The first-order chi connectivity index (χ1) is 12.3. The molecule has 3 aromatic rings. The summed E-state index contributed by atoms with van der Waals surface area (Å²) in [5.41, 5.74) is 4.71. The summed E-state index contributed by atoms with van der Waals surface area (Å²) in [5.74, 6) is 1.00. The first-order valence-corrected chi connectivity index (χ1v) is 9.20. The highest BCUT2D eigenvalue weighted by atomic mass is 16.5. The van der Waals surface area contributed by atoms with Crippen LogP contribution in [0.5, 0.6) is 5.75 Å². The number of nitrogens with zero attached hydrogens (tertiary/aromatic N) is 3. The van der Waals surface area contributed by atoms with Crippen molar-refractivity contribution in [2.45, 2.75) is 39.7 Å². The molecule has 1 aromatic carbocycles. The number of benzene rings is 1. The first kappa shape index (κ1) is 18.3. The third-order valence-electron chi connectivity index (χ3n) is 4.72. The summed E-state index contributed by atoms with van der Waals surface area (Å²) in [6.45, 7) is 9.38. The van der Waals surface area contributed by atoms with E-state index in [1.165, 1.54) is 22.2 Å². The van der Waals surface area contributed by atoms with Crippen molar-refractivity contribution in [1.29, 1.82) is 0 Å². The van der Waals surface area contributed by atoms with E-state index in [4.69, 9.17) is 4.74 Å². The van der Waals surface area contributed by atoms with Crippen LogP contribution in [0.1, 0.15) is 32.0 Å². The van der Waals surface area contributed by atoms with Crippen LogP contribution in [0, 0.1) is 6.92 Å². The summed E-state index contributed by atoms with van der Waals surface area (Å²) in [4.78, 5) is 6.59. The maximum atomic E-state index is 5.93. The van der Waals surface area contributed by atoms with Crippen molar-refractivity contribution in [3.05, 3.63) is 54.0 Å². The number of aromatic nitrogens is 2. The minimum absolute atomic E-state index is 0.0878. The third kappa shape index (κ3) is 3.85. The minimum Gasteiger partial charge on any atom is -0.484 e. The first-order valence-electron chi connectivity index (χ1n) is 9.20. The Hall–Kier alpha value is -2.49. The molecule has 0 bridgehead atoms. The molecule has 3 heterocycles. The zero-order chi connectivity index (χ0) is 18.9. The lowest BCUT2D eigenvalue weighted by molar-refractivity contribution is 0.107.